The van der Waals surface area contributed by atoms with Crippen LogP contribution < -0.4 is 0 Å². The van der Waals surface area contributed by atoms with Crippen molar-refractivity contribution in [3.8, 4) is 0 Å². The van der Waals surface area contributed by atoms with E-state index in [0.717, 1.165) is 12.1 Å². The lowest BCUT2D eigenvalue weighted by molar-refractivity contribution is 0.0910. The predicted octanol–water partition coefficient (Wildman–Crippen LogP) is 2.38. The Kier molecular flexibility index (Phi) is 4.04. The second-order valence-corrected chi connectivity index (χ2v) is 4.39. The zero-order chi connectivity index (χ0) is 11.4. The minimum Gasteiger partial charge on any atom is -0.309 e. The Morgan fingerprint density at radius 2 is 1.80 bits per heavy atom. The molecule has 1 aromatic rings. The third-order valence-electron chi connectivity index (χ3n) is 2.42. The van der Waals surface area contributed by atoms with E-state index in [-0.39, 0.29) is 11.7 Å². The maximum absolute atomic E-state index is 12.0. The molecule has 2 heteroatoms. The van der Waals surface area contributed by atoms with Gasteiger partial charge >= 0.3 is 0 Å². The minimum absolute atomic E-state index is 0.0581. The first-order chi connectivity index (χ1) is 7.00. The Morgan fingerprint density at radius 3 is 2.27 bits per heavy atom. The van der Waals surface area contributed by atoms with Gasteiger partial charge in [0.1, 0.15) is 0 Å². The van der Waals surface area contributed by atoms with Gasteiger partial charge in [-0.15, -0.1) is 0 Å². The molecule has 0 fully saturated rings. The number of carbonyl (C=O) groups is 1. The summed E-state index contributed by atoms with van der Waals surface area (Å²) in [5.74, 6) is 0.284. The van der Waals surface area contributed by atoms with Crippen LogP contribution in [0, 0.1) is 12.8 Å². The van der Waals surface area contributed by atoms with Gasteiger partial charge in [0, 0.05) is 18.0 Å². The van der Waals surface area contributed by atoms with Crippen molar-refractivity contribution in [1.82, 2.24) is 4.90 Å². The van der Waals surface area contributed by atoms with Crippen LogP contribution in [0.2, 0.25) is 0 Å². The summed E-state index contributed by atoms with van der Waals surface area (Å²) >= 11 is 0. The largest absolute Gasteiger partial charge is 0.309 e. The number of hydrogen-bond donors (Lipinski definition) is 0. The number of nitrogens with zero attached hydrogens (tertiary/aromatic N) is 1. The fourth-order valence-electron chi connectivity index (χ4n) is 1.63. The van der Waals surface area contributed by atoms with Crippen LogP contribution in [0.15, 0.2) is 24.3 Å². The summed E-state index contributed by atoms with van der Waals surface area (Å²) in [6.07, 6.45) is 0. The van der Waals surface area contributed by atoms with Crippen LogP contribution >= 0.6 is 0 Å². The monoisotopic (exact) mass is 205 g/mol. The van der Waals surface area contributed by atoms with Crippen molar-refractivity contribution in [2.45, 2.75) is 13.8 Å². The zero-order valence-electron chi connectivity index (χ0n) is 9.95. The Morgan fingerprint density at radius 1 is 1.27 bits per heavy atom. The second kappa shape index (κ2) is 5.08. The molecule has 1 rings (SSSR count). The fourth-order valence-corrected chi connectivity index (χ4v) is 1.63. The van der Waals surface area contributed by atoms with Crippen molar-refractivity contribution in [3.05, 3.63) is 35.4 Å². The zero-order valence-corrected chi connectivity index (χ0v) is 9.95. The molecule has 0 spiro atoms. The van der Waals surface area contributed by atoms with E-state index in [9.17, 15) is 4.79 Å². The molecular formula is C13H19NO. The van der Waals surface area contributed by atoms with Gasteiger partial charge in [-0.05, 0) is 21.0 Å². The van der Waals surface area contributed by atoms with Crippen LogP contribution in [0.1, 0.15) is 22.8 Å². The van der Waals surface area contributed by atoms with Crippen LogP contribution in [-0.4, -0.2) is 31.3 Å². The highest BCUT2D eigenvalue weighted by Gasteiger charge is 2.15. The highest BCUT2D eigenvalue weighted by molar-refractivity contribution is 5.97. The molecule has 0 saturated heterocycles. The van der Waals surface area contributed by atoms with Crippen LogP contribution in [0.4, 0.5) is 0 Å². The summed E-state index contributed by atoms with van der Waals surface area (Å²) in [6.45, 7) is 4.80. The van der Waals surface area contributed by atoms with Gasteiger partial charge in [-0.1, -0.05) is 36.8 Å². The number of hydrogen-bond acceptors (Lipinski definition) is 2. The maximum Gasteiger partial charge on any atom is 0.166 e. The molecule has 1 unspecified atom stereocenters. The highest BCUT2D eigenvalue weighted by Crippen LogP contribution is 2.10. The normalized spacial score (nSPS) is 12.9. The van der Waals surface area contributed by atoms with Crippen molar-refractivity contribution in [2.75, 3.05) is 20.6 Å². The summed E-state index contributed by atoms with van der Waals surface area (Å²) in [5.41, 5.74) is 2.00. The Bertz CT molecular complexity index is 327. The van der Waals surface area contributed by atoms with Crippen LogP contribution in [-0.2, 0) is 0 Å². The Hall–Kier alpha value is -1.15. The summed E-state index contributed by atoms with van der Waals surface area (Å²) in [7, 11) is 3.97. The number of carbonyl (C=O) groups excluding carboxylic acids is 1. The van der Waals surface area contributed by atoms with E-state index in [1.165, 1.54) is 5.56 Å². The van der Waals surface area contributed by atoms with Crippen molar-refractivity contribution in [3.63, 3.8) is 0 Å². The number of rotatable bonds is 4. The molecule has 82 valence electrons. The molecule has 0 radical (unpaired) electrons. The number of ketones is 1. The summed E-state index contributed by atoms with van der Waals surface area (Å²) < 4.78 is 0. The molecule has 0 bridgehead atoms. The van der Waals surface area contributed by atoms with Gasteiger partial charge in [-0.2, -0.15) is 0 Å². The molecule has 0 aromatic heterocycles. The van der Waals surface area contributed by atoms with E-state index < -0.39 is 0 Å². The predicted molar refractivity (Wildman–Crippen MR) is 63.2 cm³/mol. The number of aryl methyl sites for hydroxylation is 1. The second-order valence-electron chi connectivity index (χ2n) is 4.39. The molecule has 0 heterocycles. The molecule has 1 atom stereocenters. The molecule has 1 aromatic carbocycles. The molecule has 0 N–H and O–H groups in total. The smallest absolute Gasteiger partial charge is 0.166 e. The first-order valence-corrected chi connectivity index (χ1v) is 5.26. The van der Waals surface area contributed by atoms with Gasteiger partial charge in [0.25, 0.3) is 0 Å². The van der Waals surface area contributed by atoms with Gasteiger partial charge in [-0.3, -0.25) is 4.79 Å². The van der Waals surface area contributed by atoms with Crippen molar-refractivity contribution < 1.29 is 4.79 Å². The Balaban J connectivity index is 2.72. The molecule has 15 heavy (non-hydrogen) atoms. The lowest BCUT2D eigenvalue weighted by Crippen LogP contribution is -2.25. The van der Waals surface area contributed by atoms with Gasteiger partial charge in [0.2, 0.25) is 0 Å². The standard InChI is InChI=1S/C13H19NO/c1-10-5-7-12(8-6-10)13(15)11(2)9-14(3)4/h5-8,11H,9H2,1-4H3. The quantitative estimate of drug-likeness (QED) is 0.703. The van der Waals surface area contributed by atoms with Gasteiger partial charge in [0.05, 0.1) is 0 Å². The average molecular weight is 205 g/mol. The van der Waals surface area contributed by atoms with E-state index in [1.807, 2.05) is 57.1 Å². The SMILES string of the molecule is Cc1ccc(C(=O)C(C)CN(C)C)cc1. The lowest BCUT2D eigenvalue weighted by atomic mass is 9.98. The lowest BCUT2D eigenvalue weighted by Gasteiger charge is -2.15. The average Bonchev–Trinajstić information content (AvgIpc) is 2.17. The van der Waals surface area contributed by atoms with E-state index in [4.69, 9.17) is 0 Å². The topological polar surface area (TPSA) is 20.3 Å². The molecule has 0 aliphatic rings. The summed E-state index contributed by atoms with van der Waals surface area (Å²) in [6, 6.07) is 7.78. The van der Waals surface area contributed by atoms with Gasteiger partial charge < -0.3 is 4.90 Å². The first kappa shape index (κ1) is 11.9. The van der Waals surface area contributed by atoms with Gasteiger partial charge in [-0.25, -0.2) is 0 Å². The summed E-state index contributed by atoms with van der Waals surface area (Å²) in [5, 5.41) is 0. The van der Waals surface area contributed by atoms with Crippen LogP contribution in [0.25, 0.3) is 0 Å². The maximum atomic E-state index is 12.0. The van der Waals surface area contributed by atoms with E-state index in [0.29, 0.717) is 0 Å². The van der Waals surface area contributed by atoms with E-state index in [2.05, 4.69) is 0 Å². The molecule has 0 aliphatic carbocycles. The highest BCUT2D eigenvalue weighted by atomic mass is 16.1. The van der Waals surface area contributed by atoms with Crippen LogP contribution in [0.5, 0.6) is 0 Å². The van der Waals surface area contributed by atoms with E-state index >= 15 is 0 Å². The molecule has 0 aliphatic heterocycles. The fraction of sp³-hybridized carbons (Fsp3) is 0.462. The van der Waals surface area contributed by atoms with Crippen molar-refractivity contribution in [2.24, 2.45) is 5.92 Å². The first-order valence-electron chi connectivity index (χ1n) is 5.26. The van der Waals surface area contributed by atoms with Crippen LogP contribution in [0.3, 0.4) is 0 Å². The van der Waals surface area contributed by atoms with Crippen molar-refractivity contribution >= 4 is 5.78 Å². The minimum atomic E-state index is 0.0581. The van der Waals surface area contributed by atoms with Gasteiger partial charge in [0.15, 0.2) is 5.78 Å². The number of Topliss-reactive ketones (excluding diaryl/α,β-unsaturated/α-hetero) is 1. The molecule has 2 nitrogen and oxygen atoms in total. The Labute approximate surface area is 91.9 Å². The molecule has 0 amide bonds. The van der Waals surface area contributed by atoms with E-state index in [1.54, 1.807) is 0 Å². The molecule has 0 saturated carbocycles. The third kappa shape index (κ3) is 3.48. The van der Waals surface area contributed by atoms with Crippen molar-refractivity contribution in [1.29, 1.82) is 0 Å². The molecular weight excluding hydrogens is 186 g/mol. The summed E-state index contributed by atoms with van der Waals surface area (Å²) in [4.78, 5) is 14.0. The number of benzene rings is 1. The third-order valence-corrected chi connectivity index (χ3v) is 2.42.